The normalized spacial score (nSPS) is 22.3. The second kappa shape index (κ2) is 6.66. The summed E-state index contributed by atoms with van der Waals surface area (Å²) < 4.78 is 0. The molecule has 1 atom stereocenters. The highest BCUT2D eigenvalue weighted by molar-refractivity contribution is 5.79. The Labute approximate surface area is 97.5 Å². The molecule has 0 aromatic rings. The summed E-state index contributed by atoms with van der Waals surface area (Å²) in [6, 6.07) is 0.647. The van der Waals surface area contributed by atoms with Crippen molar-refractivity contribution in [1.29, 1.82) is 0 Å². The van der Waals surface area contributed by atoms with Gasteiger partial charge in [-0.15, -0.1) is 0 Å². The zero-order valence-corrected chi connectivity index (χ0v) is 10.2. The van der Waals surface area contributed by atoms with Crippen molar-refractivity contribution < 1.29 is 9.90 Å². The summed E-state index contributed by atoms with van der Waals surface area (Å²) in [6.45, 7) is 9.47. The highest BCUT2D eigenvalue weighted by Gasteiger charge is 2.24. The number of carbonyl (C=O) groups is 1. The molecule has 0 spiro atoms. The molecule has 0 bridgehead atoms. The Morgan fingerprint density at radius 1 is 1.50 bits per heavy atom. The van der Waals surface area contributed by atoms with E-state index in [1.54, 1.807) is 6.08 Å². The van der Waals surface area contributed by atoms with Crippen LogP contribution < -0.4 is 0 Å². The minimum Gasteiger partial charge on any atom is -0.478 e. The average molecular weight is 226 g/mol. The van der Waals surface area contributed by atoms with E-state index in [0.29, 0.717) is 6.04 Å². The summed E-state index contributed by atoms with van der Waals surface area (Å²) in [5.41, 5.74) is 0. The molecule has 92 valence electrons. The first-order valence-electron chi connectivity index (χ1n) is 6.03. The number of hydrogen-bond acceptors (Lipinski definition) is 3. The van der Waals surface area contributed by atoms with Crippen molar-refractivity contribution in [3.8, 4) is 0 Å². The molecule has 4 heteroatoms. The van der Waals surface area contributed by atoms with Crippen LogP contribution in [-0.4, -0.2) is 59.6 Å². The first-order valence-corrected chi connectivity index (χ1v) is 6.03. The maximum absolute atomic E-state index is 10.3. The van der Waals surface area contributed by atoms with Gasteiger partial charge in [-0.25, -0.2) is 4.79 Å². The summed E-state index contributed by atoms with van der Waals surface area (Å²) in [7, 11) is 0. The van der Waals surface area contributed by atoms with Gasteiger partial charge in [-0.05, 0) is 19.5 Å². The van der Waals surface area contributed by atoms with Crippen molar-refractivity contribution in [2.75, 3.05) is 32.7 Å². The molecule has 0 aliphatic carbocycles. The zero-order valence-electron chi connectivity index (χ0n) is 10.2. The van der Waals surface area contributed by atoms with Crippen LogP contribution in [0.2, 0.25) is 0 Å². The van der Waals surface area contributed by atoms with E-state index in [9.17, 15) is 4.79 Å². The van der Waals surface area contributed by atoms with Crippen LogP contribution >= 0.6 is 0 Å². The standard InChI is InChI=1S/C12H22N2O2/c1-3-14(4-2)11-7-9-13(10-11)8-5-6-12(15)16/h5-6,11H,3-4,7-10H2,1-2H3,(H,15,16). The molecule has 1 unspecified atom stereocenters. The van der Waals surface area contributed by atoms with Crippen molar-refractivity contribution in [2.24, 2.45) is 0 Å². The Kier molecular flexibility index (Phi) is 5.49. The number of likely N-dealkylation sites (N-methyl/N-ethyl adjacent to an activating group) is 1. The fourth-order valence-corrected chi connectivity index (χ4v) is 2.32. The summed E-state index contributed by atoms with van der Waals surface area (Å²) in [5, 5.41) is 8.49. The van der Waals surface area contributed by atoms with Crippen LogP contribution in [0.1, 0.15) is 20.3 Å². The van der Waals surface area contributed by atoms with Gasteiger partial charge in [-0.2, -0.15) is 0 Å². The van der Waals surface area contributed by atoms with Crippen LogP contribution in [0, 0.1) is 0 Å². The van der Waals surface area contributed by atoms with E-state index in [-0.39, 0.29) is 0 Å². The minimum absolute atomic E-state index is 0.647. The number of carboxylic acid groups (broad SMARTS) is 1. The van der Waals surface area contributed by atoms with Gasteiger partial charge in [0.05, 0.1) is 0 Å². The van der Waals surface area contributed by atoms with E-state index in [2.05, 4.69) is 23.6 Å². The number of carboxylic acids is 1. The van der Waals surface area contributed by atoms with Gasteiger partial charge in [0.2, 0.25) is 0 Å². The third kappa shape index (κ3) is 3.94. The molecule has 1 N–H and O–H groups in total. The maximum Gasteiger partial charge on any atom is 0.328 e. The molecule has 1 rings (SSSR count). The third-order valence-electron chi connectivity index (χ3n) is 3.20. The molecule has 1 aliphatic rings. The van der Waals surface area contributed by atoms with E-state index in [4.69, 9.17) is 5.11 Å². The van der Waals surface area contributed by atoms with Gasteiger partial charge in [0.25, 0.3) is 0 Å². The van der Waals surface area contributed by atoms with Crippen LogP contribution in [0.5, 0.6) is 0 Å². The van der Waals surface area contributed by atoms with Crippen molar-refractivity contribution in [3.05, 3.63) is 12.2 Å². The average Bonchev–Trinajstić information content (AvgIpc) is 2.68. The van der Waals surface area contributed by atoms with Gasteiger partial charge < -0.3 is 5.11 Å². The minimum atomic E-state index is -0.862. The van der Waals surface area contributed by atoms with Gasteiger partial charge in [0, 0.05) is 31.8 Å². The Hall–Kier alpha value is -0.870. The molecule has 0 amide bonds. The molecule has 16 heavy (non-hydrogen) atoms. The van der Waals surface area contributed by atoms with Gasteiger partial charge in [0.1, 0.15) is 0 Å². The SMILES string of the molecule is CCN(CC)C1CCN(CC=CC(=O)O)C1. The fraction of sp³-hybridized carbons (Fsp3) is 0.750. The topological polar surface area (TPSA) is 43.8 Å². The number of nitrogens with zero attached hydrogens (tertiary/aromatic N) is 2. The monoisotopic (exact) mass is 226 g/mol. The smallest absolute Gasteiger partial charge is 0.328 e. The molecule has 0 aromatic carbocycles. The van der Waals surface area contributed by atoms with E-state index in [0.717, 1.165) is 32.7 Å². The lowest BCUT2D eigenvalue weighted by atomic mass is 10.2. The molecule has 1 aliphatic heterocycles. The highest BCUT2D eigenvalue weighted by atomic mass is 16.4. The number of hydrogen-bond donors (Lipinski definition) is 1. The van der Waals surface area contributed by atoms with Crippen molar-refractivity contribution >= 4 is 5.97 Å². The summed E-state index contributed by atoms with van der Waals surface area (Å²) in [5.74, 6) is -0.862. The van der Waals surface area contributed by atoms with Gasteiger partial charge in [0.15, 0.2) is 0 Å². The van der Waals surface area contributed by atoms with Crippen molar-refractivity contribution in [2.45, 2.75) is 26.3 Å². The second-order valence-corrected chi connectivity index (χ2v) is 4.16. The molecule has 1 fully saturated rings. The predicted molar refractivity (Wildman–Crippen MR) is 64.5 cm³/mol. The molecular weight excluding hydrogens is 204 g/mol. The number of rotatable bonds is 6. The molecule has 4 nitrogen and oxygen atoms in total. The molecule has 0 radical (unpaired) electrons. The molecule has 1 heterocycles. The maximum atomic E-state index is 10.3. The van der Waals surface area contributed by atoms with E-state index in [1.807, 2.05) is 0 Å². The number of likely N-dealkylation sites (tertiary alicyclic amines) is 1. The van der Waals surface area contributed by atoms with Crippen LogP contribution in [0.25, 0.3) is 0 Å². The molecule has 0 saturated carbocycles. The molecule has 1 saturated heterocycles. The lowest BCUT2D eigenvalue weighted by Gasteiger charge is -2.25. The van der Waals surface area contributed by atoms with Gasteiger partial charge in [-0.1, -0.05) is 19.9 Å². The van der Waals surface area contributed by atoms with Crippen LogP contribution in [0.3, 0.4) is 0 Å². The Morgan fingerprint density at radius 3 is 2.75 bits per heavy atom. The number of aliphatic carboxylic acids is 1. The van der Waals surface area contributed by atoms with Crippen LogP contribution in [-0.2, 0) is 4.79 Å². The second-order valence-electron chi connectivity index (χ2n) is 4.16. The van der Waals surface area contributed by atoms with E-state index >= 15 is 0 Å². The Morgan fingerprint density at radius 2 is 2.19 bits per heavy atom. The van der Waals surface area contributed by atoms with Crippen LogP contribution in [0.15, 0.2) is 12.2 Å². The van der Waals surface area contributed by atoms with Crippen LogP contribution in [0.4, 0.5) is 0 Å². The first-order chi connectivity index (χ1) is 7.67. The Balaban J connectivity index is 2.32. The predicted octanol–water partition coefficient (Wildman–Crippen LogP) is 1.04. The van der Waals surface area contributed by atoms with E-state index in [1.165, 1.54) is 12.5 Å². The quantitative estimate of drug-likeness (QED) is 0.687. The largest absolute Gasteiger partial charge is 0.478 e. The zero-order chi connectivity index (χ0) is 12.0. The third-order valence-corrected chi connectivity index (χ3v) is 3.20. The summed E-state index contributed by atoms with van der Waals surface area (Å²) >= 11 is 0. The Bertz CT molecular complexity index is 249. The summed E-state index contributed by atoms with van der Waals surface area (Å²) in [4.78, 5) is 15.1. The molecule has 0 aromatic heterocycles. The van der Waals surface area contributed by atoms with Gasteiger partial charge in [-0.3, -0.25) is 9.80 Å². The lowest BCUT2D eigenvalue weighted by molar-refractivity contribution is -0.131. The first kappa shape index (κ1) is 13.2. The lowest BCUT2D eigenvalue weighted by Crippen LogP contribution is -2.37. The fourth-order valence-electron chi connectivity index (χ4n) is 2.32. The van der Waals surface area contributed by atoms with Gasteiger partial charge >= 0.3 is 5.97 Å². The highest BCUT2D eigenvalue weighted by Crippen LogP contribution is 2.14. The van der Waals surface area contributed by atoms with E-state index < -0.39 is 5.97 Å². The van der Waals surface area contributed by atoms with Crippen molar-refractivity contribution in [1.82, 2.24) is 9.80 Å². The summed E-state index contributed by atoms with van der Waals surface area (Å²) in [6.07, 6.45) is 4.15. The molecular formula is C12H22N2O2. The van der Waals surface area contributed by atoms with Crippen molar-refractivity contribution in [3.63, 3.8) is 0 Å².